The van der Waals surface area contributed by atoms with Crippen LogP contribution in [0.2, 0.25) is 0 Å². The van der Waals surface area contributed by atoms with E-state index in [-0.39, 0.29) is 31.3 Å². The summed E-state index contributed by atoms with van der Waals surface area (Å²) in [5, 5.41) is 0. The maximum atomic E-state index is 14.2. The molecular weight excluding hydrogens is 592 g/mol. The summed E-state index contributed by atoms with van der Waals surface area (Å²) in [4.78, 5) is 44.3. The van der Waals surface area contributed by atoms with Crippen LogP contribution in [-0.2, 0) is 23.8 Å². The fourth-order valence-electron chi connectivity index (χ4n) is 6.14. The number of hydrogen-bond acceptors (Lipinski definition) is 10. The summed E-state index contributed by atoms with van der Waals surface area (Å²) in [7, 11) is 1.60. The molecule has 11 nitrogen and oxygen atoms in total. The van der Waals surface area contributed by atoms with Crippen LogP contribution in [0.4, 0.5) is 4.79 Å². The molecule has 3 aliphatic rings. The summed E-state index contributed by atoms with van der Waals surface area (Å²) in [6.45, 7) is 7.79. The predicted molar refractivity (Wildman–Crippen MR) is 169 cm³/mol. The molecule has 0 radical (unpaired) electrons. The predicted octanol–water partition coefficient (Wildman–Crippen LogP) is 5.81. The van der Waals surface area contributed by atoms with Gasteiger partial charge < -0.3 is 33.3 Å². The lowest BCUT2D eigenvalue weighted by Crippen LogP contribution is -2.42. The third-order valence-electron chi connectivity index (χ3n) is 8.74. The Hall–Kier alpha value is -3.99. The van der Waals surface area contributed by atoms with Gasteiger partial charge in [0.1, 0.15) is 11.9 Å². The van der Waals surface area contributed by atoms with Crippen LogP contribution < -0.4 is 14.2 Å². The second-order valence-corrected chi connectivity index (χ2v) is 12.2. The molecule has 46 heavy (non-hydrogen) atoms. The van der Waals surface area contributed by atoms with Crippen molar-refractivity contribution in [2.24, 2.45) is 5.92 Å². The zero-order chi connectivity index (χ0) is 32.6. The molecular formula is C35H46N2O9. The number of esters is 1. The van der Waals surface area contributed by atoms with Gasteiger partial charge in [-0.1, -0.05) is 44.9 Å². The van der Waals surface area contributed by atoms with E-state index in [2.05, 4.69) is 18.7 Å². The average molecular weight is 639 g/mol. The topological polar surface area (TPSA) is 113 Å². The normalized spacial score (nSPS) is 21.0. The first-order valence-corrected chi connectivity index (χ1v) is 16.4. The Kier molecular flexibility index (Phi) is 11.3. The number of methoxy groups -OCH3 is 1. The second kappa shape index (κ2) is 15.5. The van der Waals surface area contributed by atoms with Gasteiger partial charge in [-0.2, -0.15) is 0 Å². The highest BCUT2D eigenvalue weighted by Gasteiger charge is 2.49. The third kappa shape index (κ3) is 8.23. The number of nitrogens with zero attached hydrogens (tertiary/aromatic N) is 2. The zero-order valence-corrected chi connectivity index (χ0v) is 27.3. The maximum Gasteiger partial charge on any atom is 0.511 e. The SMILES string of the molecule is CCCCN(CCCC)C(=O)CN1C[C@H](c2ccc3c(c2)OCO3)[C@@H](C(=O)OC(C)OC(=O)OC2CC2)[C@@H]1c1ccc(OC)cc1. The lowest BCUT2D eigenvalue weighted by atomic mass is 9.82. The van der Waals surface area contributed by atoms with Crippen molar-refractivity contribution in [1.29, 1.82) is 0 Å². The Morgan fingerprint density at radius 3 is 2.26 bits per heavy atom. The number of ether oxygens (including phenoxy) is 6. The Morgan fingerprint density at radius 1 is 0.935 bits per heavy atom. The number of fused-ring (bicyclic) bond motifs is 1. The van der Waals surface area contributed by atoms with Crippen LogP contribution in [0, 0.1) is 5.92 Å². The largest absolute Gasteiger partial charge is 0.511 e. The van der Waals surface area contributed by atoms with Crippen LogP contribution in [0.25, 0.3) is 0 Å². The highest BCUT2D eigenvalue weighted by atomic mass is 16.8. The van der Waals surface area contributed by atoms with Crippen molar-refractivity contribution in [3.05, 3.63) is 53.6 Å². The minimum Gasteiger partial charge on any atom is -0.497 e. The number of carbonyl (C=O) groups is 3. The molecule has 11 heteroatoms. The van der Waals surface area contributed by atoms with Crippen molar-refractivity contribution in [2.75, 3.05) is 40.1 Å². The van der Waals surface area contributed by atoms with E-state index in [4.69, 9.17) is 28.4 Å². The van der Waals surface area contributed by atoms with Gasteiger partial charge in [0.2, 0.25) is 19.0 Å². The van der Waals surface area contributed by atoms with Gasteiger partial charge >= 0.3 is 12.1 Å². The van der Waals surface area contributed by atoms with Gasteiger partial charge in [-0.25, -0.2) is 4.79 Å². The van der Waals surface area contributed by atoms with E-state index in [1.807, 2.05) is 47.4 Å². The van der Waals surface area contributed by atoms with Crippen LogP contribution in [0.3, 0.4) is 0 Å². The van der Waals surface area contributed by atoms with Crippen LogP contribution in [0.5, 0.6) is 17.2 Å². The van der Waals surface area contributed by atoms with Gasteiger partial charge in [0.15, 0.2) is 11.5 Å². The number of unbranched alkanes of at least 4 members (excludes halogenated alkanes) is 2. The highest BCUT2D eigenvalue weighted by Crippen LogP contribution is 2.48. The van der Waals surface area contributed by atoms with Gasteiger partial charge in [0.25, 0.3) is 0 Å². The summed E-state index contributed by atoms with van der Waals surface area (Å²) in [5.41, 5.74) is 1.70. The summed E-state index contributed by atoms with van der Waals surface area (Å²) in [5.74, 6) is 0.289. The van der Waals surface area contributed by atoms with Gasteiger partial charge in [0.05, 0.1) is 19.6 Å². The molecule has 2 fully saturated rings. The van der Waals surface area contributed by atoms with Crippen molar-refractivity contribution in [3.63, 3.8) is 0 Å². The van der Waals surface area contributed by atoms with E-state index in [0.717, 1.165) is 49.7 Å². The molecule has 0 aromatic heterocycles. The van der Waals surface area contributed by atoms with E-state index in [9.17, 15) is 14.4 Å². The molecule has 250 valence electrons. The number of rotatable bonds is 15. The molecule has 2 heterocycles. The molecule has 0 N–H and O–H groups in total. The minimum absolute atomic E-state index is 0.0263. The van der Waals surface area contributed by atoms with Gasteiger partial charge in [-0.3, -0.25) is 14.5 Å². The minimum atomic E-state index is -1.16. The molecule has 1 saturated carbocycles. The number of amides is 1. The lowest BCUT2D eigenvalue weighted by Gasteiger charge is -2.31. The first-order chi connectivity index (χ1) is 22.3. The molecule has 1 amide bonds. The number of carbonyl (C=O) groups excluding carboxylic acids is 3. The smallest absolute Gasteiger partial charge is 0.497 e. The number of hydrogen-bond donors (Lipinski definition) is 0. The van der Waals surface area contributed by atoms with Crippen LogP contribution >= 0.6 is 0 Å². The highest BCUT2D eigenvalue weighted by molar-refractivity contribution is 5.80. The molecule has 1 unspecified atom stereocenters. The lowest BCUT2D eigenvalue weighted by molar-refractivity contribution is -0.174. The van der Waals surface area contributed by atoms with Crippen LogP contribution in [0.15, 0.2) is 42.5 Å². The van der Waals surface area contributed by atoms with Crippen LogP contribution in [0.1, 0.15) is 82.4 Å². The molecule has 1 aliphatic carbocycles. The maximum absolute atomic E-state index is 14.2. The van der Waals surface area contributed by atoms with Crippen LogP contribution in [-0.4, -0.2) is 80.3 Å². The van der Waals surface area contributed by atoms with E-state index >= 15 is 0 Å². The number of likely N-dealkylation sites (tertiary alicyclic amines) is 1. The van der Waals surface area contributed by atoms with Crippen molar-refractivity contribution < 1.29 is 42.8 Å². The molecule has 4 atom stereocenters. The standard InChI is InChI=1S/C35H46N2O9/c1-5-7-17-36(18-8-6-2)31(38)21-37-20-28(25-11-16-29-30(19-25)43-22-42-29)32(33(37)24-9-12-26(41-4)13-10-24)34(39)44-23(3)45-35(40)46-27-14-15-27/h9-13,16,19,23,27-28,32-33H,5-8,14-15,17-18,20-22H2,1-4H3/t23?,28-,32-,33+/m1/s1. The van der Waals surface area contributed by atoms with Crippen molar-refractivity contribution in [1.82, 2.24) is 9.80 Å². The molecule has 0 spiro atoms. The average Bonchev–Trinajstić information content (AvgIpc) is 3.59. The summed E-state index contributed by atoms with van der Waals surface area (Å²) in [6.07, 6.45) is 3.26. The molecule has 2 aliphatic heterocycles. The van der Waals surface area contributed by atoms with Gasteiger partial charge in [0, 0.05) is 38.5 Å². The first kappa shape index (κ1) is 33.4. The summed E-state index contributed by atoms with van der Waals surface area (Å²) in [6, 6.07) is 12.7. The Bertz CT molecular complexity index is 1340. The van der Waals surface area contributed by atoms with Crippen molar-refractivity contribution in [3.8, 4) is 17.2 Å². The zero-order valence-electron chi connectivity index (χ0n) is 27.3. The van der Waals surface area contributed by atoms with Crippen molar-refractivity contribution in [2.45, 2.75) is 83.6 Å². The molecule has 2 aromatic carbocycles. The first-order valence-electron chi connectivity index (χ1n) is 16.4. The quantitative estimate of drug-likeness (QED) is 0.175. The molecule has 5 rings (SSSR count). The Balaban J connectivity index is 1.47. The number of benzene rings is 2. The molecule has 1 saturated heterocycles. The Labute approximate surface area is 271 Å². The van der Waals surface area contributed by atoms with Crippen molar-refractivity contribution >= 4 is 18.0 Å². The fourth-order valence-corrected chi connectivity index (χ4v) is 6.14. The summed E-state index contributed by atoms with van der Waals surface area (Å²) < 4.78 is 32.9. The van der Waals surface area contributed by atoms with E-state index < -0.39 is 30.4 Å². The monoisotopic (exact) mass is 638 g/mol. The van der Waals surface area contributed by atoms with Gasteiger partial charge in [-0.05, 0) is 61.1 Å². The third-order valence-corrected chi connectivity index (χ3v) is 8.74. The molecule has 0 bridgehead atoms. The fraction of sp³-hybridized carbons (Fsp3) is 0.571. The van der Waals surface area contributed by atoms with E-state index in [1.54, 1.807) is 7.11 Å². The summed E-state index contributed by atoms with van der Waals surface area (Å²) >= 11 is 0. The Morgan fingerprint density at radius 2 is 1.61 bits per heavy atom. The second-order valence-electron chi connectivity index (χ2n) is 12.2. The van der Waals surface area contributed by atoms with E-state index in [1.165, 1.54) is 6.92 Å². The molecule has 2 aromatic rings. The van der Waals surface area contributed by atoms with E-state index in [0.29, 0.717) is 36.9 Å². The van der Waals surface area contributed by atoms with Gasteiger partial charge in [-0.15, -0.1) is 0 Å².